The molecule has 0 aliphatic heterocycles. The molecule has 0 aliphatic carbocycles. The van der Waals surface area contributed by atoms with Gasteiger partial charge in [-0.25, -0.2) is 0 Å². The molecule has 200 valence electrons. The molecule has 8 nitrogen and oxygen atoms in total. The summed E-state index contributed by atoms with van der Waals surface area (Å²) in [6.07, 6.45) is 3.60. The van der Waals surface area contributed by atoms with Gasteiger partial charge >= 0.3 is 0 Å². The van der Waals surface area contributed by atoms with Crippen molar-refractivity contribution in [3.8, 4) is 0 Å². The Morgan fingerprint density at radius 3 is 2.39 bits per heavy atom. The van der Waals surface area contributed by atoms with E-state index in [4.69, 9.17) is 4.74 Å². The number of nitro groups is 1. The van der Waals surface area contributed by atoms with Gasteiger partial charge in [0.05, 0.1) is 11.5 Å². The summed E-state index contributed by atoms with van der Waals surface area (Å²) in [4.78, 5) is 41.6. The topological polar surface area (TPSA) is 93.0 Å². The first-order valence-electron chi connectivity index (χ1n) is 12.5. The minimum atomic E-state index is -0.469. The Labute approximate surface area is 227 Å². The molecule has 3 rings (SSSR count). The van der Waals surface area contributed by atoms with Crippen LogP contribution in [0.2, 0.25) is 0 Å². The van der Waals surface area contributed by atoms with Gasteiger partial charge in [-0.15, -0.1) is 11.3 Å². The number of thiophene rings is 1. The molecule has 0 spiro atoms. The zero-order valence-electron chi connectivity index (χ0n) is 21.7. The van der Waals surface area contributed by atoms with Crippen molar-refractivity contribution in [1.29, 1.82) is 0 Å². The predicted molar refractivity (Wildman–Crippen MR) is 150 cm³/mol. The van der Waals surface area contributed by atoms with Gasteiger partial charge in [-0.05, 0) is 66.6 Å². The number of carbonyl (C=O) groups excluding carboxylic acids is 2. The number of nitro benzene ring substituents is 1. The third-order valence-corrected chi connectivity index (χ3v) is 6.96. The van der Waals surface area contributed by atoms with Gasteiger partial charge in [-0.3, -0.25) is 19.7 Å². The number of carbonyl (C=O) groups is 2. The fourth-order valence-corrected chi connectivity index (χ4v) is 4.71. The van der Waals surface area contributed by atoms with Crippen molar-refractivity contribution in [1.82, 2.24) is 9.80 Å². The van der Waals surface area contributed by atoms with Gasteiger partial charge in [-0.2, -0.15) is 0 Å². The monoisotopic (exact) mass is 535 g/mol. The quantitative estimate of drug-likeness (QED) is 0.118. The number of nitrogens with zero attached hydrogens (tertiary/aromatic N) is 3. The van der Waals surface area contributed by atoms with Gasteiger partial charge in [0.2, 0.25) is 11.8 Å². The number of ether oxygens (including phenoxy) is 1. The van der Waals surface area contributed by atoms with Crippen LogP contribution in [0.3, 0.4) is 0 Å². The summed E-state index contributed by atoms with van der Waals surface area (Å²) >= 11 is 1.61. The van der Waals surface area contributed by atoms with Crippen LogP contribution < -0.4 is 0 Å². The van der Waals surface area contributed by atoms with Crippen LogP contribution in [0.4, 0.5) is 5.69 Å². The lowest BCUT2D eigenvalue weighted by Gasteiger charge is -2.27. The molecular weight excluding hydrogens is 502 g/mol. The zero-order chi connectivity index (χ0) is 27.3. The molecule has 2 aromatic carbocycles. The van der Waals surface area contributed by atoms with Crippen LogP contribution in [0.5, 0.6) is 0 Å². The minimum Gasteiger partial charge on any atom is -0.382 e. The second-order valence-corrected chi connectivity index (χ2v) is 9.76. The highest BCUT2D eigenvalue weighted by Crippen LogP contribution is 2.20. The van der Waals surface area contributed by atoms with E-state index in [1.165, 1.54) is 23.1 Å². The maximum atomic E-state index is 13.6. The largest absolute Gasteiger partial charge is 0.382 e. The molecule has 0 bridgehead atoms. The molecule has 0 unspecified atom stereocenters. The molecule has 0 fully saturated rings. The lowest BCUT2D eigenvalue weighted by Crippen LogP contribution is -2.42. The van der Waals surface area contributed by atoms with Crippen LogP contribution in [-0.2, 0) is 27.4 Å². The van der Waals surface area contributed by atoms with Crippen LogP contribution in [-0.4, -0.2) is 52.8 Å². The lowest BCUT2D eigenvalue weighted by molar-refractivity contribution is -0.384. The highest BCUT2D eigenvalue weighted by Gasteiger charge is 2.21. The molecule has 0 aliphatic rings. The summed E-state index contributed by atoms with van der Waals surface area (Å²) in [5, 5.41) is 12.9. The average Bonchev–Trinajstić information content (AvgIpc) is 3.33. The van der Waals surface area contributed by atoms with Crippen LogP contribution in [0.1, 0.15) is 34.9 Å². The number of hydrogen-bond acceptors (Lipinski definition) is 6. The van der Waals surface area contributed by atoms with E-state index in [9.17, 15) is 19.7 Å². The molecule has 0 N–H and O–H groups in total. The third kappa shape index (κ3) is 8.93. The van der Waals surface area contributed by atoms with E-state index in [1.807, 2.05) is 55.6 Å². The van der Waals surface area contributed by atoms with Crippen molar-refractivity contribution in [2.45, 2.75) is 33.4 Å². The van der Waals surface area contributed by atoms with Gasteiger partial charge in [0.15, 0.2) is 0 Å². The zero-order valence-corrected chi connectivity index (χ0v) is 22.6. The molecule has 3 aromatic rings. The summed E-state index contributed by atoms with van der Waals surface area (Å²) in [5.41, 5.74) is 2.79. The van der Waals surface area contributed by atoms with E-state index in [-0.39, 0.29) is 24.0 Å². The van der Waals surface area contributed by atoms with Crippen LogP contribution in [0.25, 0.3) is 6.08 Å². The number of amides is 2. The average molecular weight is 536 g/mol. The SMILES string of the molecule is CCOCCCN(CC(=O)N(Cc1ccccc1)Cc1sccc1C)C(=O)/C=C/c1ccc([N+](=O)[O-])cc1. The van der Waals surface area contributed by atoms with Crippen molar-refractivity contribution in [3.05, 3.63) is 104 Å². The van der Waals surface area contributed by atoms with Crippen LogP contribution in [0, 0.1) is 17.0 Å². The molecule has 38 heavy (non-hydrogen) atoms. The second-order valence-electron chi connectivity index (χ2n) is 8.75. The standard InChI is InChI=1S/C29H33N3O5S/c1-3-37-18-7-17-30(28(33)15-12-24-10-13-26(14-11-24)32(35)36)22-29(34)31(20-25-8-5-4-6-9-25)21-27-23(2)16-19-38-27/h4-6,8-16,19H,3,7,17-18,20-22H2,1-2H3/b15-12+. The first-order chi connectivity index (χ1) is 18.4. The molecule has 0 saturated carbocycles. The van der Waals surface area contributed by atoms with Gasteiger partial charge in [0, 0.05) is 49.4 Å². The van der Waals surface area contributed by atoms with E-state index in [2.05, 4.69) is 0 Å². The smallest absolute Gasteiger partial charge is 0.269 e. The molecule has 0 saturated heterocycles. The molecule has 0 radical (unpaired) electrons. The highest BCUT2D eigenvalue weighted by atomic mass is 32.1. The minimum absolute atomic E-state index is 0.0175. The van der Waals surface area contributed by atoms with Gasteiger partial charge in [0.25, 0.3) is 5.69 Å². The fourth-order valence-electron chi connectivity index (χ4n) is 3.79. The number of benzene rings is 2. The highest BCUT2D eigenvalue weighted by molar-refractivity contribution is 7.10. The molecular formula is C29H33N3O5S. The molecule has 1 aromatic heterocycles. The molecule has 2 amide bonds. The Balaban J connectivity index is 1.76. The molecule has 1 heterocycles. The maximum Gasteiger partial charge on any atom is 0.269 e. The van der Waals surface area contributed by atoms with Crippen molar-refractivity contribution >= 4 is 34.9 Å². The van der Waals surface area contributed by atoms with E-state index >= 15 is 0 Å². The number of aryl methyl sites for hydroxylation is 1. The summed E-state index contributed by atoms with van der Waals surface area (Å²) < 4.78 is 5.43. The predicted octanol–water partition coefficient (Wildman–Crippen LogP) is 5.46. The van der Waals surface area contributed by atoms with Crippen molar-refractivity contribution in [3.63, 3.8) is 0 Å². The van der Waals surface area contributed by atoms with Gasteiger partial charge in [0.1, 0.15) is 6.54 Å². The van der Waals surface area contributed by atoms with E-state index < -0.39 is 4.92 Å². The summed E-state index contributed by atoms with van der Waals surface area (Å²) in [7, 11) is 0. The van der Waals surface area contributed by atoms with E-state index in [0.717, 1.165) is 16.0 Å². The number of rotatable bonds is 14. The van der Waals surface area contributed by atoms with Crippen LogP contribution in [0.15, 0.2) is 72.1 Å². The van der Waals surface area contributed by atoms with Gasteiger partial charge < -0.3 is 14.5 Å². The number of non-ortho nitro benzene ring substituents is 1. The summed E-state index contributed by atoms with van der Waals surface area (Å²) in [5.74, 6) is -0.449. The van der Waals surface area contributed by atoms with Crippen molar-refractivity contribution < 1.29 is 19.2 Å². The fraction of sp³-hybridized carbons (Fsp3) is 0.310. The van der Waals surface area contributed by atoms with E-state index in [1.54, 1.807) is 34.4 Å². The van der Waals surface area contributed by atoms with Crippen LogP contribution >= 0.6 is 11.3 Å². The second kappa shape index (κ2) is 14.8. The van der Waals surface area contributed by atoms with Crippen molar-refractivity contribution in [2.24, 2.45) is 0 Å². The Morgan fingerprint density at radius 1 is 1.03 bits per heavy atom. The first kappa shape index (κ1) is 28.7. The Hall–Kier alpha value is -3.82. The first-order valence-corrected chi connectivity index (χ1v) is 13.4. The van der Waals surface area contributed by atoms with Crippen molar-refractivity contribution in [2.75, 3.05) is 26.3 Å². The summed E-state index contributed by atoms with van der Waals surface area (Å²) in [6.45, 7) is 6.23. The Kier molecular flexibility index (Phi) is 11.2. The normalized spacial score (nSPS) is 11.0. The van der Waals surface area contributed by atoms with E-state index in [0.29, 0.717) is 44.8 Å². The Bertz CT molecular complexity index is 1220. The summed E-state index contributed by atoms with van der Waals surface area (Å²) in [6, 6.07) is 17.8. The lowest BCUT2D eigenvalue weighted by atomic mass is 10.2. The molecule has 9 heteroatoms. The Morgan fingerprint density at radius 2 is 1.76 bits per heavy atom. The third-order valence-electron chi connectivity index (χ3n) is 5.95. The molecule has 0 atom stereocenters. The maximum absolute atomic E-state index is 13.6. The number of hydrogen-bond donors (Lipinski definition) is 0. The van der Waals surface area contributed by atoms with Gasteiger partial charge in [-0.1, -0.05) is 30.3 Å².